The minimum atomic E-state index is 0.905. The Labute approximate surface area is 90.6 Å². The van der Waals surface area contributed by atoms with Crippen LogP contribution in [0, 0.1) is 0 Å². The van der Waals surface area contributed by atoms with Crippen LogP contribution < -0.4 is 10.6 Å². The third-order valence-corrected chi connectivity index (χ3v) is 2.72. The topological polar surface area (TPSA) is 40.4 Å². The Balaban J connectivity index is 1.54. The van der Waals surface area contributed by atoms with Crippen LogP contribution in [0.4, 0.5) is 0 Å². The number of furan rings is 1. The van der Waals surface area contributed by atoms with Gasteiger partial charge in [-0.3, -0.25) is 4.90 Å². The van der Waals surface area contributed by atoms with Crippen LogP contribution in [0.25, 0.3) is 0 Å². The molecular formula is C11H19N3O. The quantitative estimate of drug-likeness (QED) is 0.683. The minimum absolute atomic E-state index is 0.905. The molecule has 0 saturated carbocycles. The highest BCUT2D eigenvalue weighted by molar-refractivity contribution is 5.04. The molecule has 0 atom stereocenters. The summed E-state index contributed by atoms with van der Waals surface area (Å²) in [5.74, 6) is 0. The second kappa shape index (κ2) is 5.90. The molecule has 0 bridgehead atoms. The average molecular weight is 209 g/mol. The maximum Gasteiger partial charge on any atom is 0.0947 e. The molecular weight excluding hydrogens is 190 g/mol. The number of nitrogens with zero attached hydrogens (tertiary/aromatic N) is 1. The van der Waals surface area contributed by atoms with Crippen LogP contribution in [0.3, 0.4) is 0 Å². The fourth-order valence-corrected chi connectivity index (χ4v) is 1.80. The largest absolute Gasteiger partial charge is 0.472 e. The number of hydrogen-bond donors (Lipinski definition) is 2. The third kappa shape index (κ3) is 3.66. The summed E-state index contributed by atoms with van der Waals surface area (Å²) in [5, 5.41) is 6.77. The molecule has 1 aromatic rings. The molecule has 84 valence electrons. The standard InChI is InChI=1S/C11H19N3O/c1-8-15-10-11(1)9-13-4-7-14-5-2-12-3-6-14/h1,8,10,12-13H,2-7,9H2. The maximum atomic E-state index is 5.00. The lowest BCUT2D eigenvalue weighted by Crippen LogP contribution is -2.45. The van der Waals surface area contributed by atoms with Gasteiger partial charge in [-0.25, -0.2) is 0 Å². The molecule has 2 N–H and O–H groups in total. The van der Waals surface area contributed by atoms with Crippen molar-refractivity contribution in [3.8, 4) is 0 Å². The monoisotopic (exact) mass is 209 g/mol. The van der Waals surface area contributed by atoms with E-state index in [4.69, 9.17) is 4.42 Å². The first kappa shape index (κ1) is 10.7. The van der Waals surface area contributed by atoms with Crippen molar-refractivity contribution in [2.75, 3.05) is 39.3 Å². The second-order valence-corrected chi connectivity index (χ2v) is 3.90. The van der Waals surface area contributed by atoms with E-state index in [-0.39, 0.29) is 0 Å². The molecule has 0 aromatic carbocycles. The van der Waals surface area contributed by atoms with Crippen LogP contribution in [-0.4, -0.2) is 44.2 Å². The Morgan fingerprint density at radius 3 is 3.00 bits per heavy atom. The van der Waals surface area contributed by atoms with Crippen molar-refractivity contribution >= 4 is 0 Å². The molecule has 1 saturated heterocycles. The van der Waals surface area contributed by atoms with E-state index in [1.165, 1.54) is 18.7 Å². The zero-order chi connectivity index (χ0) is 10.3. The van der Waals surface area contributed by atoms with Gasteiger partial charge in [0.25, 0.3) is 0 Å². The molecule has 4 heteroatoms. The van der Waals surface area contributed by atoms with Gasteiger partial charge in [-0.05, 0) is 6.07 Å². The Morgan fingerprint density at radius 2 is 2.27 bits per heavy atom. The van der Waals surface area contributed by atoms with Gasteiger partial charge in [0.15, 0.2) is 0 Å². The smallest absolute Gasteiger partial charge is 0.0947 e. The van der Waals surface area contributed by atoms with Crippen LogP contribution >= 0.6 is 0 Å². The number of nitrogens with one attached hydrogen (secondary N) is 2. The van der Waals surface area contributed by atoms with Gasteiger partial charge in [0.05, 0.1) is 12.5 Å². The molecule has 1 aliphatic heterocycles. The summed E-state index contributed by atoms with van der Waals surface area (Å²) in [4.78, 5) is 2.48. The van der Waals surface area contributed by atoms with Crippen LogP contribution in [0.1, 0.15) is 5.56 Å². The highest BCUT2D eigenvalue weighted by Gasteiger charge is 2.07. The summed E-state index contributed by atoms with van der Waals surface area (Å²) >= 11 is 0. The first-order valence-corrected chi connectivity index (χ1v) is 5.60. The minimum Gasteiger partial charge on any atom is -0.472 e. The van der Waals surface area contributed by atoms with E-state index < -0.39 is 0 Å². The SMILES string of the molecule is c1cc(CNCCN2CCNCC2)co1. The predicted octanol–water partition coefficient (Wildman–Crippen LogP) is 0.274. The van der Waals surface area contributed by atoms with Gasteiger partial charge in [-0.2, -0.15) is 0 Å². The van der Waals surface area contributed by atoms with E-state index in [0.29, 0.717) is 0 Å². The lowest BCUT2D eigenvalue weighted by molar-refractivity contribution is 0.241. The molecule has 1 aromatic heterocycles. The number of rotatable bonds is 5. The Kier molecular flexibility index (Phi) is 4.20. The molecule has 4 nitrogen and oxygen atoms in total. The molecule has 0 amide bonds. The Hall–Kier alpha value is -0.840. The molecule has 1 aliphatic rings. The van der Waals surface area contributed by atoms with E-state index in [1.54, 1.807) is 12.5 Å². The van der Waals surface area contributed by atoms with Gasteiger partial charge in [0.2, 0.25) is 0 Å². The summed E-state index contributed by atoms with van der Waals surface area (Å²) in [6.45, 7) is 7.69. The summed E-state index contributed by atoms with van der Waals surface area (Å²) in [6.07, 6.45) is 3.51. The molecule has 0 unspecified atom stereocenters. The summed E-state index contributed by atoms with van der Waals surface area (Å²) in [6, 6.07) is 2.00. The first-order valence-electron chi connectivity index (χ1n) is 5.60. The van der Waals surface area contributed by atoms with Gasteiger partial charge < -0.3 is 15.1 Å². The van der Waals surface area contributed by atoms with Gasteiger partial charge in [0, 0.05) is 51.4 Å². The normalized spacial score (nSPS) is 18.1. The highest BCUT2D eigenvalue weighted by Crippen LogP contribution is 1.98. The fourth-order valence-electron chi connectivity index (χ4n) is 1.80. The average Bonchev–Trinajstić information content (AvgIpc) is 2.79. The van der Waals surface area contributed by atoms with Crippen molar-refractivity contribution < 1.29 is 4.42 Å². The number of piperazine rings is 1. The van der Waals surface area contributed by atoms with E-state index in [9.17, 15) is 0 Å². The van der Waals surface area contributed by atoms with Crippen molar-refractivity contribution in [1.29, 1.82) is 0 Å². The fraction of sp³-hybridized carbons (Fsp3) is 0.636. The van der Waals surface area contributed by atoms with Gasteiger partial charge in [0.1, 0.15) is 0 Å². The summed E-state index contributed by atoms with van der Waals surface area (Å²) < 4.78 is 5.00. The second-order valence-electron chi connectivity index (χ2n) is 3.90. The molecule has 0 spiro atoms. The number of hydrogen-bond acceptors (Lipinski definition) is 4. The zero-order valence-corrected chi connectivity index (χ0v) is 9.04. The van der Waals surface area contributed by atoms with Crippen molar-refractivity contribution in [3.05, 3.63) is 24.2 Å². The zero-order valence-electron chi connectivity index (χ0n) is 9.04. The van der Waals surface area contributed by atoms with Crippen LogP contribution in [-0.2, 0) is 6.54 Å². The van der Waals surface area contributed by atoms with E-state index >= 15 is 0 Å². The molecule has 15 heavy (non-hydrogen) atoms. The van der Waals surface area contributed by atoms with E-state index in [0.717, 1.165) is 32.7 Å². The molecule has 1 fully saturated rings. The van der Waals surface area contributed by atoms with Crippen LogP contribution in [0.15, 0.2) is 23.0 Å². The molecule has 2 heterocycles. The van der Waals surface area contributed by atoms with Crippen LogP contribution in [0.2, 0.25) is 0 Å². The Bertz CT molecular complexity index is 255. The summed E-state index contributed by atoms with van der Waals surface area (Å²) in [7, 11) is 0. The summed E-state index contributed by atoms with van der Waals surface area (Å²) in [5.41, 5.74) is 1.22. The predicted molar refractivity (Wildman–Crippen MR) is 59.7 cm³/mol. The van der Waals surface area contributed by atoms with Crippen molar-refractivity contribution in [1.82, 2.24) is 15.5 Å². The maximum absolute atomic E-state index is 5.00. The molecule has 0 aliphatic carbocycles. The lowest BCUT2D eigenvalue weighted by atomic mass is 10.3. The molecule has 2 rings (SSSR count). The third-order valence-electron chi connectivity index (χ3n) is 2.72. The Morgan fingerprint density at radius 1 is 1.40 bits per heavy atom. The van der Waals surface area contributed by atoms with E-state index in [2.05, 4.69) is 15.5 Å². The first-order chi connectivity index (χ1) is 7.45. The lowest BCUT2D eigenvalue weighted by Gasteiger charge is -2.27. The van der Waals surface area contributed by atoms with Gasteiger partial charge in [-0.1, -0.05) is 0 Å². The van der Waals surface area contributed by atoms with Gasteiger partial charge >= 0.3 is 0 Å². The van der Waals surface area contributed by atoms with Gasteiger partial charge in [-0.15, -0.1) is 0 Å². The van der Waals surface area contributed by atoms with Crippen LogP contribution in [0.5, 0.6) is 0 Å². The molecule has 0 radical (unpaired) electrons. The van der Waals surface area contributed by atoms with Crippen molar-refractivity contribution in [2.45, 2.75) is 6.54 Å². The highest BCUT2D eigenvalue weighted by atomic mass is 16.3. The van der Waals surface area contributed by atoms with Crippen molar-refractivity contribution in [2.24, 2.45) is 0 Å². The van der Waals surface area contributed by atoms with E-state index in [1.807, 2.05) is 6.07 Å². The van der Waals surface area contributed by atoms with Crippen molar-refractivity contribution in [3.63, 3.8) is 0 Å².